The Bertz CT molecular complexity index is 732. The smallest absolute Gasteiger partial charge is 0.132 e. The lowest BCUT2D eigenvalue weighted by molar-refractivity contribution is 0.276. The molecule has 1 aromatic carbocycles. The Morgan fingerprint density at radius 3 is 2.67 bits per heavy atom. The first-order valence-corrected chi connectivity index (χ1v) is 8.90. The fourth-order valence-electron chi connectivity index (χ4n) is 4.22. The van der Waals surface area contributed by atoms with E-state index in [9.17, 15) is 0 Å². The van der Waals surface area contributed by atoms with Crippen molar-refractivity contribution < 1.29 is 0 Å². The highest BCUT2D eigenvalue weighted by molar-refractivity contribution is 6.30. The Morgan fingerprint density at radius 2 is 1.96 bits per heavy atom. The first-order chi connectivity index (χ1) is 11.5. The Labute approximate surface area is 148 Å². The molecule has 2 aliphatic heterocycles. The summed E-state index contributed by atoms with van der Waals surface area (Å²) in [7, 11) is 0. The lowest BCUT2D eigenvalue weighted by Crippen LogP contribution is -2.32. The van der Waals surface area contributed by atoms with E-state index in [-0.39, 0.29) is 0 Å². The number of likely N-dealkylation sites (tertiary alicyclic amines) is 1. The maximum atomic E-state index is 5.98. The number of aryl methyl sites for hydroxylation is 1. The lowest BCUT2D eigenvalue weighted by Gasteiger charge is -2.26. The molecule has 2 saturated heterocycles. The van der Waals surface area contributed by atoms with E-state index >= 15 is 0 Å². The van der Waals surface area contributed by atoms with Crippen LogP contribution < -0.4 is 4.90 Å². The number of aromatic nitrogens is 2. The first-order valence-electron chi connectivity index (χ1n) is 8.52. The summed E-state index contributed by atoms with van der Waals surface area (Å²) < 4.78 is 0. The molecule has 2 atom stereocenters. The van der Waals surface area contributed by atoms with Crippen LogP contribution in [0.4, 0.5) is 5.82 Å². The average molecular weight is 343 g/mol. The SMILES string of the molecule is Cc1cc(N2C[C@@H]3CN(Cc4ccc(Cl)cc4)C[C@]3(C)C2)ncn1. The number of halogens is 1. The molecule has 0 spiro atoms. The standard InChI is InChI=1S/C19H23ClN4/c1-14-7-18(22-13-21-14)24-10-16-9-23(11-19(16,2)12-24)8-15-3-5-17(20)6-4-15/h3-7,13,16H,8-12H2,1-2H3/t16-,19+/m0/s1. The van der Waals surface area contributed by atoms with Gasteiger partial charge in [-0.3, -0.25) is 4.90 Å². The molecule has 0 N–H and O–H groups in total. The molecule has 3 heterocycles. The molecule has 4 nitrogen and oxygen atoms in total. The fourth-order valence-corrected chi connectivity index (χ4v) is 4.34. The van der Waals surface area contributed by atoms with Crippen LogP contribution in [0.3, 0.4) is 0 Å². The van der Waals surface area contributed by atoms with Crippen LogP contribution in [0.5, 0.6) is 0 Å². The van der Waals surface area contributed by atoms with Gasteiger partial charge < -0.3 is 4.90 Å². The van der Waals surface area contributed by atoms with Gasteiger partial charge in [-0.1, -0.05) is 30.7 Å². The van der Waals surface area contributed by atoms with Crippen LogP contribution in [0.1, 0.15) is 18.2 Å². The number of nitrogens with zero attached hydrogens (tertiary/aromatic N) is 4. The third-order valence-corrected chi connectivity index (χ3v) is 5.73. The zero-order chi connectivity index (χ0) is 16.7. The van der Waals surface area contributed by atoms with Crippen LogP contribution in [0.15, 0.2) is 36.7 Å². The van der Waals surface area contributed by atoms with Crippen molar-refractivity contribution in [3.8, 4) is 0 Å². The molecule has 1 aromatic heterocycles. The predicted molar refractivity (Wildman–Crippen MR) is 97.3 cm³/mol. The van der Waals surface area contributed by atoms with E-state index < -0.39 is 0 Å². The number of benzene rings is 1. The first kappa shape index (κ1) is 15.9. The van der Waals surface area contributed by atoms with Gasteiger partial charge in [0.2, 0.25) is 0 Å². The molecule has 5 heteroatoms. The number of hydrogen-bond acceptors (Lipinski definition) is 4. The zero-order valence-corrected chi connectivity index (χ0v) is 15.0. The molecule has 0 radical (unpaired) electrons. The number of fused-ring (bicyclic) bond motifs is 1. The summed E-state index contributed by atoms with van der Waals surface area (Å²) in [6.07, 6.45) is 1.67. The molecule has 2 aromatic rings. The molecular formula is C19H23ClN4. The van der Waals surface area contributed by atoms with Crippen molar-refractivity contribution in [1.82, 2.24) is 14.9 Å². The van der Waals surface area contributed by atoms with Crippen LogP contribution in [0.2, 0.25) is 5.02 Å². The van der Waals surface area contributed by atoms with Crippen molar-refractivity contribution in [2.45, 2.75) is 20.4 Å². The van der Waals surface area contributed by atoms with Crippen LogP contribution >= 0.6 is 11.6 Å². The van der Waals surface area contributed by atoms with E-state index in [1.165, 1.54) is 5.56 Å². The maximum Gasteiger partial charge on any atom is 0.132 e. The topological polar surface area (TPSA) is 32.3 Å². The summed E-state index contributed by atoms with van der Waals surface area (Å²) in [5.74, 6) is 1.77. The second-order valence-corrected chi connectivity index (χ2v) is 7.98. The molecule has 0 aliphatic carbocycles. The van der Waals surface area contributed by atoms with Gasteiger partial charge in [-0.05, 0) is 30.5 Å². The van der Waals surface area contributed by atoms with Crippen LogP contribution in [-0.2, 0) is 6.54 Å². The van der Waals surface area contributed by atoms with E-state index in [2.05, 4.69) is 44.9 Å². The van der Waals surface area contributed by atoms with E-state index in [0.29, 0.717) is 11.3 Å². The van der Waals surface area contributed by atoms with Crippen molar-refractivity contribution in [1.29, 1.82) is 0 Å². The van der Waals surface area contributed by atoms with E-state index in [0.717, 1.165) is 49.3 Å². The van der Waals surface area contributed by atoms with Crippen LogP contribution in [0, 0.1) is 18.3 Å². The lowest BCUT2D eigenvalue weighted by atomic mass is 9.83. The van der Waals surface area contributed by atoms with Gasteiger partial charge in [0.1, 0.15) is 12.1 Å². The number of rotatable bonds is 3. The minimum Gasteiger partial charge on any atom is -0.356 e. The van der Waals surface area contributed by atoms with Gasteiger partial charge in [-0.15, -0.1) is 0 Å². The molecule has 0 saturated carbocycles. The van der Waals surface area contributed by atoms with Crippen LogP contribution in [-0.4, -0.2) is 41.0 Å². The highest BCUT2D eigenvalue weighted by Crippen LogP contribution is 2.43. The van der Waals surface area contributed by atoms with Crippen molar-refractivity contribution in [2.24, 2.45) is 11.3 Å². The van der Waals surface area contributed by atoms with Gasteiger partial charge in [0.15, 0.2) is 0 Å². The monoisotopic (exact) mass is 342 g/mol. The van der Waals surface area contributed by atoms with Crippen LogP contribution in [0.25, 0.3) is 0 Å². The minimum absolute atomic E-state index is 0.339. The number of hydrogen-bond donors (Lipinski definition) is 0. The van der Waals surface area contributed by atoms with Crippen molar-refractivity contribution >= 4 is 17.4 Å². The largest absolute Gasteiger partial charge is 0.356 e. The molecule has 126 valence electrons. The van der Waals surface area contributed by atoms with Crippen molar-refractivity contribution in [2.75, 3.05) is 31.1 Å². The molecule has 4 rings (SSSR count). The minimum atomic E-state index is 0.339. The molecule has 2 fully saturated rings. The second-order valence-electron chi connectivity index (χ2n) is 7.55. The third kappa shape index (κ3) is 3.01. The molecule has 0 unspecified atom stereocenters. The molecule has 0 amide bonds. The Morgan fingerprint density at radius 1 is 1.17 bits per heavy atom. The fraction of sp³-hybridized carbons (Fsp3) is 0.474. The van der Waals surface area contributed by atoms with E-state index in [1.807, 2.05) is 19.1 Å². The highest BCUT2D eigenvalue weighted by Gasteiger charge is 2.49. The zero-order valence-electron chi connectivity index (χ0n) is 14.2. The quantitative estimate of drug-likeness (QED) is 0.855. The Balaban J connectivity index is 1.43. The normalized spacial score (nSPS) is 26.8. The number of anilines is 1. The Hall–Kier alpha value is -1.65. The highest BCUT2D eigenvalue weighted by atomic mass is 35.5. The molecule has 2 aliphatic rings. The summed E-state index contributed by atoms with van der Waals surface area (Å²) >= 11 is 5.98. The maximum absolute atomic E-state index is 5.98. The Kier molecular flexibility index (Phi) is 3.97. The van der Waals surface area contributed by atoms with Gasteiger partial charge >= 0.3 is 0 Å². The van der Waals surface area contributed by atoms with Gasteiger partial charge in [-0.25, -0.2) is 9.97 Å². The summed E-state index contributed by atoms with van der Waals surface area (Å²) in [5.41, 5.74) is 2.71. The van der Waals surface area contributed by atoms with Gasteiger partial charge in [-0.2, -0.15) is 0 Å². The molecular weight excluding hydrogens is 320 g/mol. The third-order valence-electron chi connectivity index (χ3n) is 5.47. The van der Waals surface area contributed by atoms with Gasteiger partial charge in [0, 0.05) is 54.9 Å². The summed E-state index contributed by atoms with van der Waals surface area (Å²) in [6.45, 7) is 9.91. The molecule has 24 heavy (non-hydrogen) atoms. The van der Waals surface area contributed by atoms with Gasteiger partial charge in [0.05, 0.1) is 0 Å². The predicted octanol–water partition coefficient (Wildman–Crippen LogP) is 3.40. The van der Waals surface area contributed by atoms with Crippen molar-refractivity contribution in [3.63, 3.8) is 0 Å². The van der Waals surface area contributed by atoms with E-state index in [1.54, 1.807) is 6.33 Å². The average Bonchev–Trinajstić information content (AvgIpc) is 3.01. The molecule has 0 bridgehead atoms. The second kappa shape index (κ2) is 6.01. The van der Waals surface area contributed by atoms with E-state index in [4.69, 9.17) is 11.6 Å². The summed E-state index contributed by atoms with van der Waals surface area (Å²) in [4.78, 5) is 13.7. The van der Waals surface area contributed by atoms with Crippen molar-refractivity contribution in [3.05, 3.63) is 52.9 Å². The summed E-state index contributed by atoms with van der Waals surface area (Å²) in [5, 5.41) is 0.805. The summed E-state index contributed by atoms with van der Waals surface area (Å²) in [6, 6.07) is 10.3. The van der Waals surface area contributed by atoms with Gasteiger partial charge in [0.25, 0.3) is 0 Å².